The first-order chi connectivity index (χ1) is 9.64. The molecule has 0 aliphatic heterocycles. The minimum atomic E-state index is -3.59. The number of aliphatic hydroxyl groups excluding tert-OH is 1. The maximum atomic E-state index is 12.2. The van der Waals surface area contributed by atoms with Gasteiger partial charge in [-0.3, -0.25) is 0 Å². The number of amides is 1. The Kier molecular flexibility index (Phi) is 5.74. The number of benzene rings is 1. The standard InChI is InChI=1S/C14H21NO5S/c1-14(2,3)20-13(17)15-11(9-16)10-21(18,19)12-7-5-4-6-8-12/h4-8,11,16H,9-10H2,1-3H3,(H,15,17)/t11-/m0/s1. The molecular formula is C14H21NO5S. The molecule has 0 spiro atoms. The molecule has 1 rings (SSSR count). The van der Waals surface area contributed by atoms with Gasteiger partial charge in [-0.1, -0.05) is 18.2 Å². The summed E-state index contributed by atoms with van der Waals surface area (Å²) in [5, 5.41) is 11.6. The third-order valence-electron chi connectivity index (χ3n) is 2.46. The van der Waals surface area contributed by atoms with Gasteiger partial charge in [0.15, 0.2) is 9.84 Å². The van der Waals surface area contributed by atoms with Gasteiger partial charge in [-0.05, 0) is 32.9 Å². The molecule has 0 saturated carbocycles. The molecule has 1 aromatic carbocycles. The van der Waals surface area contributed by atoms with Crippen molar-refractivity contribution < 1.29 is 23.1 Å². The molecule has 6 nitrogen and oxygen atoms in total. The summed E-state index contributed by atoms with van der Waals surface area (Å²) in [4.78, 5) is 11.8. The van der Waals surface area contributed by atoms with Crippen LogP contribution < -0.4 is 5.32 Å². The van der Waals surface area contributed by atoms with E-state index in [0.29, 0.717) is 0 Å². The molecule has 118 valence electrons. The van der Waals surface area contributed by atoms with Crippen LogP contribution in [0.5, 0.6) is 0 Å². The lowest BCUT2D eigenvalue weighted by Crippen LogP contribution is -2.44. The second-order valence-corrected chi connectivity index (χ2v) is 7.65. The number of aliphatic hydroxyl groups is 1. The second-order valence-electron chi connectivity index (χ2n) is 5.62. The molecule has 1 amide bonds. The van der Waals surface area contributed by atoms with Crippen LogP contribution in [0.2, 0.25) is 0 Å². The number of nitrogens with one attached hydrogen (secondary N) is 1. The summed E-state index contributed by atoms with van der Waals surface area (Å²) in [7, 11) is -3.59. The molecule has 0 heterocycles. The molecule has 0 aliphatic carbocycles. The molecule has 0 radical (unpaired) electrons. The summed E-state index contributed by atoms with van der Waals surface area (Å²) in [6.45, 7) is 4.59. The van der Waals surface area contributed by atoms with Gasteiger partial charge in [0, 0.05) is 0 Å². The lowest BCUT2D eigenvalue weighted by molar-refractivity contribution is 0.0490. The number of hydrogen-bond donors (Lipinski definition) is 2. The van der Waals surface area contributed by atoms with E-state index >= 15 is 0 Å². The molecule has 0 fully saturated rings. The van der Waals surface area contributed by atoms with E-state index < -0.39 is 39.9 Å². The van der Waals surface area contributed by atoms with E-state index in [4.69, 9.17) is 4.74 Å². The van der Waals surface area contributed by atoms with E-state index in [1.54, 1.807) is 39.0 Å². The number of hydrogen-bond acceptors (Lipinski definition) is 5. The molecule has 0 aliphatic rings. The van der Waals surface area contributed by atoms with Gasteiger partial charge in [-0.2, -0.15) is 0 Å². The monoisotopic (exact) mass is 315 g/mol. The van der Waals surface area contributed by atoms with Crippen molar-refractivity contribution >= 4 is 15.9 Å². The van der Waals surface area contributed by atoms with Crippen molar-refractivity contribution in [3.8, 4) is 0 Å². The highest BCUT2D eigenvalue weighted by Crippen LogP contribution is 2.12. The first-order valence-corrected chi connectivity index (χ1v) is 8.17. The zero-order chi connectivity index (χ0) is 16.1. The predicted octanol–water partition coefficient (Wildman–Crippen LogP) is 1.35. The third kappa shape index (κ3) is 6.14. The summed E-state index contributed by atoms with van der Waals surface area (Å²) in [5.74, 6) is -0.396. The summed E-state index contributed by atoms with van der Waals surface area (Å²) in [6.07, 6.45) is -0.759. The van der Waals surface area contributed by atoms with E-state index in [2.05, 4.69) is 5.32 Å². The van der Waals surface area contributed by atoms with Crippen LogP contribution in [0.4, 0.5) is 4.79 Å². The molecule has 0 bridgehead atoms. The van der Waals surface area contributed by atoms with E-state index in [0.717, 1.165) is 0 Å². The van der Waals surface area contributed by atoms with Crippen LogP contribution in [0.1, 0.15) is 20.8 Å². The molecular weight excluding hydrogens is 294 g/mol. The maximum Gasteiger partial charge on any atom is 0.407 e. The van der Waals surface area contributed by atoms with Crippen LogP contribution in [0, 0.1) is 0 Å². The van der Waals surface area contributed by atoms with Crippen LogP contribution in [-0.2, 0) is 14.6 Å². The molecule has 1 aromatic rings. The van der Waals surface area contributed by atoms with Gasteiger partial charge in [0.2, 0.25) is 0 Å². The van der Waals surface area contributed by atoms with Crippen molar-refractivity contribution in [2.24, 2.45) is 0 Å². The Morgan fingerprint density at radius 3 is 2.33 bits per heavy atom. The Bertz CT molecular complexity index is 563. The molecule has 21 heavy (non-hydrogen) atoms. The zero-order valence-corrected chi connectivity index (χ0v) is 13.2. The SMILES string of the molecule is CC(C)(C)OC(=O)N[C@@H](CO)CS(=O)(=O)c1ccccc1. The van der Waals surface area contributed by atoms with Crippen molar-refractivity contribution in [2.45, 2.75) is 37.3 Å². The number of sulfone groups is 1. The molecule has 0 saturated heterocycles. The Hall–Kier alpha value is -1.60. The van der Waals surface area contributed by atoms with Gasteiger partial charge in [-0.25, -0.2) is 13.2 Å². The second kappa shape index (κ2) is 6.91. The fourth-order valence-corrected chi connectivity index (χ4v) is 3.09. The smallest absolute Gasteiger partial charge is 0.407 e. The van der Waals surface area contributed by atoms with E-state index in [-0.39, 0.29) is 4.90 Å². The first kappa shape index (κ1) is 17.5. The van der Waals surface area contributed by atoms with Crippen molar-refractivity contribution in [2.75, 3.05) is 12.4 Å². The van der Waals surface area contributed by atoms with E-state index in [9.17, 15) is 18.3 Å². The largest absolute Gasteiger partial charge is 0.444 e. The lowest BCUT2D eigenvalue weighted by atomic mass is 10.2. The minimum absolute atomic E-state index is 0.148. The third-order valence-corrected chi connectivity index (χ3v) is 4.30. The number of alkyl carbamates (subject to hydrolysis) is 1. The minimum Gasteiger partial charge on any atom is -0.444 e. The average molecular weight is 315 g/mol. The van der Waals surface area contributed by atoms with Crippen LogP contribution in [0.15, 0.2) is 35.2 Å². The van der Waals surface area contributed by atoms with Crippen molar-refractivity contribution in [3.63, 3.8) is 0 Å². The number of rotatable bonds is 5. The Balaban J connectivity index is 2.72. The topological polar surface area (TPSA) is 92.7 Å². The Labute approximate surface area is 125 Å². The maximum absolute atomic E-state index is 12.2. The molecule has 2 N–H and O–H groups in total. The molecule has 7 heteroatoms. The summed E-state index contributed by atoms with van der Waals surface area (Å²) in [5.41, 5.74) is -0.692. The summed E-state index contributed by atoms with van der Waals surface area (Å²) >= 11 is 0. The number of ether oxygens (including phenoxy) is 1. The lowest BCUT2D eigenvalue weighted by Gasteiger charge is -2.22. The van der Waals surface area contributed by atoms with Crippen LogP contribution >= 0.6 is 0 Å². The average Bonchev–Trinajstić information content (AvgIpc) is 2.36. The highest BCUT2D eigenvalue weighted by atomic mass is 32.2. The highest BCUT2D eigenvalue weighted by molar-refractivity contribution is 7.91. The van der Waals surface area contributed by atoms with Crippen molar-refractivity contribution in [1.29, 1.82) is 0 Å². The van der Waals surface area contributed by atoms with E-state index in [1.807, 2.05) is 0 Å². The zero-order valence-electron chi connectivity index (χ0n) is 12.4. The molecule has 0 aromatic heterocycles. The quantitative estimate of drug-likeness (QED) is 0.855. The normalized spacial score (nSPS) is 13.5. The highest BCUT2D eigenvalue weighted by Gasteiger charge is 2.24. The number of carbonyl (C=O) groups is 1. The summed E-state index contributed by atoms with van der Waals surface area (Å²) < 4.78 is 29.4. The predicted molar refractivity (Wildman–Crippen MR) is 78.7 cm³/mol. The molecule has 0 unspecified atom stereocenters. The van der Waals surface area contributed by atoms with Gasteiger partial charge in [0.05, 0.1) is 23.3 Å². The van der Waals surface area contributed by atoms with Crippen molar-refractivity contribution in [3.05, 3.63) is 30.3 Å². The van der Waals surface area contributed by atoms with Gasteiger partial charge >= 0.3 is 6.09 Å². The first-order valence-electron chi connectivity index (χ1n) is 6.52. The fraction of sp³-hybridized carbons (Fsp3) is 0.500. The van der Waals surface area contributed by atoms with Crippen molar-refractivity contribution in [1.82, 2.24) is 5.32 Å². The van der Waals surface area contributed by atoms with Gasteiger partial charge in [0.25, 0.3) is 0 Å². The Morgan fingerprint density at radius 2 is 1.86 bits per heavy atom. The summed E-state index contributed by atoms with van der Waals surface area (Å²) in [6, 6.07) is 6.95. The van der Waals surface area contributed by atoms with Crippen LogP contribution in [0.25, 0.3) is 0 Å². The molecule has 1 atom stereocenters. The van der Waals surface area contributed by atoms with Gasteiger partial charge in [-0.15, -0.1) is 0 Å². The van der Waals surface area contributed by atoms with Gasteiger partial charge in [0.1, 0.15) is 5.60 Å². The Morgan fingerprint density at radius 1 is 1.29 bits per heavy atom. The van der Waals surface area contributed by atoms with Crippen LogP contribution in [0.3, 0.4) is 0 Å². The van der Waals surface area contributed by atoms with Gasteiger partial charge < -0.3 is 15.2 Å². The van der Waals surface area contributed by atoms with Crippen LogP contribution in [-0.4, -0.2) is 43.6 Å². The number of carbonyl (C=O) groups excluding carboxylic acids is 1. The van der Waals surface area contributed by atoms with E-state index in [1.165, 1.54) is 12.1 Å². The fourth-order valence-electron chi connectivity index (χ4n) is 1.60.